The van der Waals surface area contributed by atoms with Gasteiger partial charge in [0.2, 0.25) is 0 Å². The van der Waals surface area contributed by atoms with Crippen LogP contribution in [0.2, 0.25) is 0 Å². The molecule has 6 nitrogen and oxygen atoms in total. The highest BCUT2D eigenvalue weighted by Crippen LogP contribution is 2.37. The van der Waals surface area contributed by atoms with Crippen LogP contribution in [0.3, 0.4) is 0 Å². The Labute approximate surface area is 231 Å². The molecule has 210 valence electrons. The molecule has 1 N–H and O–H groups in total. The van der Waals surface area contributed by atoms with Crippen molar-refractivity contribution in [2.75, 3.05) is 6.61 Å². The second-order valence-electron chi connectivity index (χ2n) is 9.80. The van der Waals surface area contributed by atoms with E-state index in [1.54, 1.807) is 12.1 Å². The van der Waals surface area contributed by atoms with Gasteiger partial charge in [0.25, 0.3) is 0 Å². The van der Waals surface area contributed by atoms with Gasteiger partial charge in [0.05, 0.1) is 23.6 Å². The molecule has 5 unspecified atom stereocenters. The van der Waals surface area contributed by atoms with Gasteiger partial charge in [-0.15, -0.1) is 0 Å². The smallest absolute Gasteiger partial charge is 0.405 e. The summed E-state index contributed by atoms with van der Waals surface area (Å²) in [6.45, 7) is 7.67. The lowest BCUT2D eigenvalue weighted by molar-refractivity contribution is -0.243. The number of benzene rings is 3. The van der Waals surface area contributed by atoms with E-state index < -0.39 is 38.2 Å². The van der Waals surface area contributed by atoms with Crippen LogP contribution in [0.25, 0.3) is 0 Å². The molecule has 0 aromatic heterocycles. The molecule has 1 fully saturated rings. The van der Waals surface area contributed by atoms with E-state index in [0.29, 0.717) is 12.5 Å². The van der Waals surface area contributed by atoms with Crippen LogP contribution in [0, 0.1) is 5.92 Å². The Morgan fingerprint density at radius 2 is 1.51 bits per heavy atom. The highest BCUT2D eigenvalue weighted by Gasteiger charge is 2.51. The zero-order valence-electron chi connectivity index (χ0n) is 22.2. The maximum atomic E-state index is 13.9. The summed E-state index contributed by atoms with van der Waals surface area (Å²) in [4.78, 5) is 3.00. The van der Waals surface area contributed by atoms with Crippen LogP contribution in [-0.4, -0.2) is 37.0 Å². The Kier molecular flexibility index (Phi) is 8.73. The zero-order chi connectivity index (χ0) is 28.4. The van der Waals surface area contributed by atoms with E-state index in [0.717, 1.165) is 33.6 Å². The van der Waals surface area contributed by atoms with Crippen molar-refractivity contribution in [3.63, 3.8) is 0 Å². The molecule has 5 atom stereocenters. The summed E-state index contributed by atoms with van der Waals surface area (Å²) in [5, 5.41) is -4.45. The largest absolute Gasteiger partial charge is 0.483 e. The minimum atomic E-state index is -5.61. The van der Waals surface area contributed by atoms with Gasteiger partial charge in [-0.05, 0) is 93.8 Å². The quantitative estimate of drug-likeness (QED) is 0.237. The van der Waals surface area contributed by atoms with Gasteiger partial charge in [0.15, 0.2) is 26.6 Å². The van der Waals surface area contributed by atoms with Crippen molar-refractivity contribution in [3.8, 4) is 5.75 Å². The Bertz CT molecular complexity index is 1350. The average molecular weight is 580 g/mol. The first-order valence-electron chi connectivity index (χ1n) is 12.6. The third-order valence-corrected chi connectivity index (χ3v) is 10.2. The van der Waals surface area contributed by atoms with Gasteiger partial charge in [0, 0.05) is 5.56 Å². The van der Waals surface area contributed by atoms with Crippen molar-refractivity contribution in [2.24, 2.45) is 5.92 Å². The predicted molar refractivity (Wildman–Crippen MR) is 146 cm³/mol. The molecular weight excluding hydrogens is 546 g/mol. The molecule has 1 aliphatic rings. The third-order valence-electron chi connectivity index (χ3n) is 6.95. The Morgan fingerprint density at radius 3 is 2.08 bits per heavy atom. The average Bonchev–Trinajstić information content (AvgIpc) is 3.03. The minimum absolute atomic E-state index is 0.0528. The number of rotatable bonds is 8. The van der Waals surface area contributed by atoms with E-state index in [9.17, 15) is 17.2 Å². The molecule has 0 saturated carbocycles. The number of alkyl halides is 2. The predicted octanol–water partition coefficient (Wildman–Crippen LogP) is 6.66. The van der Waals surface area contributed by atoms with Gasteiger partial charge in [-0.25, -0.2) is 0 Å². The normalized spacial score (nSPS) is 24.0. The monoisotopic (exact) mass is 579 g/mol. The number of hydrogen-bond acceptors (Lipinski definition) is 5. The topological polar surface area (TPSA) is 82.1 Å². The van der Waals surface area contributed by atoms with Crippen LogP contribution in [0.5, 0.6) is 5.75 Å². The van der Waals surface area contributed by atoms with E-state index in [4.69, 9.17) is 18.8 Å². The zero-order valence-corrected chi connectivity index (χ0v) is 23.8. The molecule has 0 radical (unpaired) electrons. The first-order valence-corrected chi connectivity index (χ1v) is 15.3. The van der Waals surface area contributed by atoms with Crippen LogP contribution in [0.15, 0.2) is 93.5 Å². The summed E-state index contributed by atoms with van der Waals surface area (Å²) in [7, 11) is -6.15. The van der Waals surface area contributed by atoms with E-state index in [-0.39, 0.29) is 11.9 Å². The number of halogens is 2. The van der Waals surface area contributed by atoms with Crippen LogP contribution < -0.4 is 4.74 Å². The molecule has 1 aliphatic heterocycles. The van der Waals surface area contributed by atoms with Crippen LogP contribution in [-0.2, 0) is 36.3 Å². The first-order chi connectivity index (χ1) is 18.3. The molecule has 0 spiro atoms. The van der Waals surface area contributed by atoms with Crippen molar-refractivity contribution in [3.05, 3.63) is 84.4 Å². The summed E-state index contributed by atoms with van der Waals surface area (Å²) >= 11 is 0. The maximum Gasteiger partial charge on any atom is 0.405 e. The van der Waals surface area contributed by atoms with Crippen LogP contribution >= 0.6 is 0 Å². The van der Waals surface area contributed by atoms with Crippen LogP contribution in [0.4, 0.5) is 8.78 Å². The molecule has 10 heteroatoms. The van der Waals surface area contributed by atoms with Gasteiger partial charge in [-0.3, -0.25) is 4.55 Å². The van der Waals surface area contributed by atoms with E-state index >= 15 is 0 Å². The second kappa shape index (κ2) is 11.5. The molecule has 0 aliphatic carbocycles. The molecule has 0 bridgehead atoms. The minimum Gasteiger partial charge on any atom is -0.483 e. The molecule has 39 heavy (non-hydrogen) atoms. The summed E-state index contributed by atoms with van der Waals surface area (Å²) in [6, 6.07) is 24.6. The lowest BCUT2D eigenvalue weighted by atomic mass is 10.0. The SMILES string of the molecule is CC1CCOC(C)(c2ccc([S+](c3ccccc3)c3ccc(OC(C)C(F)(F)S(=O)(=O)O)cc3)cc2)OC1C. The number of hydrogen-bond donors (Lipinski definition) is 1. The van der Waals surface area contributed by atoms with Crippen LogP contribution in [0.1, 0.15) is 39.7 Å². The van der Waals surface area contributed by atoms with Gasteiger partial charge in [-0.1, -0.05) is 25.1 Å². The highest BCUT2D eigenvalue weighted by molar-refractivity contribution is 7.97. The molecule has 0 amide bonds. The summed E-state index contributed by atoms with van der Waals surface area (Å²) in [5.41, 5.74) is 0.918. The fourth-order valence-electron chi connectivity index (χ4n) is 4.33. The first kappa shape index (κ1) is 29.5. The lowest BCUT2D eigenvalue weighted by Gasteiger charge is -2.31. The van der Waals surface area contributed by atoms with Gasteiger partial charge < -0.3 is 14.2 Å². The molecule has 4 rings (SSSR count). The molecule has 1 heterocycles. The number of ether oxygens (including phenoxy) is 3. The molecule has 3 aromatic carbocycles. The molecular formula is C29H33F2O6S2+. The van der Waals surface area contributed by atoms with Crippen molar-refractivity contribution in [1.29, 1.82) is 0 Å². The van der Waals surface area contributed by atoms with Crippen molar-refractivity contribution >= 4 is 21.0 Å². The Balaban J connectivity index is 1.62. The summed E-state index contributed by atoms with van der Waals surface area (Å²) in [6.07, 6.45) is -1.10. The van der Waals surface area contributed by atoms with Gasteiger partial charge in [-0.2, -0.15) is 17.2 Å². The molecule has 1 saturated heterocycles. The van der Waals surface area contributed by atoms with Crippen molar-refractivity contribution in [2.45, 2.75) is 72.1 Å². The second-order valence-corrected chi connectivity index (χ2v) is 13.3. The van der Waals surface area contributed by atoms with E-state index in [1.165, 1.54) is 12.1 Å². The summed E-state index contributed by atoms with van der Waals surface area (Å²) < 4.78 is 76.4. The lowest BCUT2D eigenvalue weighted by Crippen LogP contribution is -2.42. The fraction of sp³-hybridized carbons (Fsp3) is 0.379. The van der Waals surface area contributed by atoms with Gasteiger partial charge in [0.1, 0.15) is 5.75 Å². The standard InChI is InChI=1S/C29H32F2O6S2/c1-20-18-19-35-28(4,37-21(20)2)23-10-14-26(15-11-23)38(25-8-6-5-7-9-25)27-16-12-24(13-17-27)36-22(3)29(30,31)39(32,33)34/h5-17,20-22H,18-19H2,1-4H3/p+1. The van der Waals surface area contributed by atoms with E-state index in [2.05, 4.69) is 13.8 Å². The van der Waals surface area contributed by atoms with Crippen molar-refractivity contribution < 1.29 is 36.0 Å². The Hall–Kier alpha value is -2.50. The van der Waals surface area contributed by atoms with Gasteiger partial charge >= 0.3 is 15.4 Å². The Morgan fingerprint density at radius 1 is 0.974 bits per heavy atom. The summed E-state index contributed by atoms with van der Waals surface area (Å²) in [5.74, 6) is -0.405. The highest BCUT2D eigenvalue weighted by atomic mass is 32.2. The third kappa shape index (κ3) is 6.47. The maximum absolute atomic E-state index is 13.9. The fourth-order valence-corrected chi connectivity index (χ4v) is 6.86. The van der Waals surface area contributed by atoms with E-state index in [1.807, 2.05) is 61.5 Å². The molecule has 3 aromatic rings. The van der Waals surface area contributed by atoms with Crippen molar-refractivity contribution in [1.82, 2.24) is 0 Å².